The van der Waals surface area contributed by atoms with Crippen LogP contribution in [0.25, 0.3) is 0 Å². The van der Waals surface area contributed by atoms with Gasteiger partial charge in [0.05, 0.1) is 15.9 Å². The van der Waals surface area contributed by atoms with Crippen LogP contribution >= 0.6 is 0 Å². The van der Waals surface area contributed by atoms with E-state index in [1.54, 1.807) is 20.8 Å². The highest BCUT2D eigenvalue weighted by molar-refractivity contribution is 7.92. The summed E-state index contributed by atoms with van der Waals surface area (Å²) in [5.74, 6) is -0.112. The molecule has 2 rings (SSSR count). The van der Waals surface area contributed by atoms with Crippen LogP contribution in [0.3, 0.4) is 0 Å². The summed E-state index contributed by atoms with van der Waals surface area (Å²) in [7, 11) is -3.24. The highest BCUT2D eigenvalue weighted by Crippen LogP contribution is 2.58. The van der Waals surface area contributed by atoms with Crippen LogP contribution in [0.1, 0.15) is 52.9 Å². The molecule has 110 valence electrons. The Morgan fingerprint density at radius 2 is 1.95 bits per heavy atom. The van der Waals surface area contributed by atoms with Crippen molar-refractivity contribution >= 4 is 15.8 Å². The first-order chi connectivity index (χ1) is 8.58. The van der Waals surface area contributed by atoms with Crippen LogP contribution in [0.4, 0.5) is 0 Å². The Hall–Kier alpha value is -0.580. The van der Waals surface area contributed by atoms with Gasteiger partial charge in [0, 0.05) is 0 Å². The molecule has 2 aliphatic rings. The second-order valence-electron chi connectivity index (χ2n) is 7.22. The fraction of sp³-hybridized carbons (Fsp3) is 0.929. The van der Waals surface area contributed by atoms with E-state index in [-0.39, 0.29) is 18.1 Å². The zero-order chi connectivity index (χ0) is 14.5. The number of carboxylic acids is 1. The maximum atomic E-state index is 12.2. The normalized spacial score (nSPS) is 34.7. The average Bonchev–Trinajstić information content (AvgIpc) is 2.85. The van der Waals surface area contributed by atoms with Gasteiger partial charge in [0.2, 0.25) is 0 Å². The molecule has 2 fully saturated rings. The van der Waals surface area contributed by atoms with Crippen molar-refractivity contribution in [1.29, 1.82) is 0 Å². The van der Waals surface area contributed by atoms with E-state index >= 15 is 0 Å². The van der Waals surface area contributed by atoms with Crippen molar-refractivity contribution in [2.75, 3.05) is 5.75 Å². The van der Waals surface area contributed by atoms with E-state index in [4.69, 9.17) is 0 Å². The Balaban J connectivity index is 2.15. The Labute approximate surface area is 115 Å². The summed E-state index contributed by atoms with van der Waals surface area (Å²) in [6.07, 6.45) is 4.00. The Morgan fingerprint density at radius 1 is 1.32 bits per heavy atom. The second-order valence-corrected chi connectivity index (χ2v) is 10.1. The molecular weight excluding hydrogens is 264 g/mol. The van der Waals surface area contributed by atoms with E-state index in [1.807, 2.05) is 0 Å². The molecule has 0 spiro atoms. The third kappa shape index (κ3) is 2.41. The van der Waals surface area contributed by atoms with Gasteiger partial charge >= 0.3 is 5.97 Å². The molecule has 0 aliphatic heterocycles. The number of fused-ring (bicyclic) bond motifs is 2. The molecule has 19 heavy (non-hydrogen) atoms. The molecule has 3 unspecified atom stereocenters. The van der Waals surface area contributed by atoms with Gasteiger partial charge in [0.25, 0.3) is 0 Å². The van der Waals surface area contributed by atoms with Crippen LogP contribution in [0.5, 0.6) is 0 Å². The molecule has 5 heteroatoms. The quantitative estimate of drug-likeness (QED) is 0.862. The molecule has 0 amide bonds. The predicted molar refractivity (Wildman–Crippen MR) is 73.7 cm³/mol. The zero-order valence-corrected chi connectivity index (χ0v) is 12.8. The lowest BCUT2D eigenvalue weighted by atomic mass is 9.71. The van der Waals surface area contributed by atoms with Crippen LogP contribution in [0.2, 0.25) is 0 Å². The molecule has 0 heterocycles. The summed E-state index contributed by atoms with van der Waals surface area (Å²) in [5, 5.41) is 9.59. The Morgan fingerprint density at radius 3 is 2.32 bits per heavy atom. The van der Waals surface area contributed by atoms with Crippen LogP contribution in [-0.4, -0.2) is 30.0 Å². The highest BCUT2D eigenvalue weighted by Gasteiger charge is 2.56. The SMILES string of the molecule is CC(C)(C)S(=O)(=O)CCC1(C(=O)O)CC2CCC1C2. The van der Waals surface area contributed by atoms with Gasteiger partial charge in [-0.2, -0.15) is 0 Å². The lowest BCUT2D eigenvalue weighted by molar-refractivity contribution is -0.152. The van der Waals surface area contributed by atoms with Crippen LogP contribution < -0.4 is 0 Å². The lowest BCUT2D eigenvalue weighted by Crippen LogP contribution is -2.40. The smallest absolute Gasteiger partial charge is 0.309 e. The minimum atomic E-state index is -3.24. The van der Waals surface area contributed by atoms with Gasteiger partial charge in [-0.1, -0.05) is 6.42 Å². The summed E-state index contributed by atoms with van der Waals surface area (Å²) in [5.41, 5.74) is -0.777. The lowest BCUT2D eigenvalue weighted by Gasteiger charge is -2.34. The van der Waals surface area contributed by atoms with E-state index in [1.165, 1.54) is 0 Å². The van der Waals surface area contributed by atoms with E-state index in [2.05, 4.69) is 0 Å². The Bertz CT molecular complexity index is 474. The monoisotopic (exact) mass is 288 g/mol. The van der Waals surface area contributed by atoms with E-state index in [9.17, 15) is 18.3 Å². The molecule has 3 atom stereocenters. The molecule has 0 aromatic heterocycles. The number of rotatable bonds is 4. The summed E-state index contributed by atoms with van der Waals surface area (Å²) in [4.78, 5) is 11.7. The maximum absolute atomic E-state index is 12.2. The number of sulfone groups is 1. The summed E-state index contributed by atoms with van der Waals surface area (Å²) in [6, 6.07) is 0. The molecule has 0 radical (unpaired) electrons. The first-order valence-corrected chi connectivity index (χ1v) is 8.69. The number of aliphatic carboxylic acids is 1. The van der Waals surface area contributed by atoms with Crippen molar-refractivity contribution in [2.45, 2.75) is 57.6 Å². The van der Waals surface area contributed by atoms with Gasteiger partial charge < -0.3 is 5.11 Å². The number of carboxylic acid groups (broad SMARTS) is 1. The summed E-state index contributed by atoms with van der Waals surface area (Å²) >= 11 is 0. The third-order valence-electron chi connectivity index (χ3n) is 5.15. The van der Waals surface area contributed by atoms with Crippen LogP contribution in [0, 0.1) is 17.3 Å². The van der Waals surface area contributed by atoms with Crippen LogP contribution in [0.15, 0.2) is 0 Å². The van der Waals surface area contributed by atoms with E-state index < -0.39 is 26.0 Å². The molecular formula is C14H24O4S. The second kappa shape index (κ2) is 4.47. The van der Waals surface area contributed by atoms with Gasteiger partial charge in [0.15, 0.2) is 9.84 Å². The third-order valence-corrected chi connectivity index (χ3v) is 7.76. The van der Waals surface area contributed by atoms with Crippen molar-refractivity contribution in [3.63, 3.8) is 0 Å². The van der Waals surface area contributed by atoms with Crippen molar-refractivity contribution in [3.05, 3.63) is 0 Å². The number of hydrogen-bond donors (Lipinski definition) is 1. The molecule has 4 nitrogen and oxygen atoms in total. The zero-order valence-electron chi connectivity index (χ0n) is 12.0. The first-order valence-electron chi connectivity index (χ1n) is 7.04. The summed E-state index contributed by atoms with van der Waals surface area (Å²) in [6.45, 7) is 5.03. The predicted octanol–water partition coefficient (Wildman–Crippen LogP) is 2.48. The van der Waals surface area contributed by atoms with E-state index in [0.717, 1.165) is 19.3 Å². The molecule has 1 N–H and O–H groups in total. The molecule has 0 saturated heterocycles. The van der Waals surface area contributed by atoms with Gasteiger partial charge in [-0.05, 0) is 58.3 Å². The minimum Gasteiger partial charge on any atom is -0.481 e. The topological polar surface area (TPSA) is 71.4 Å². The first kappa shape index (κ1) is 14.8. The van der Waals surface area contributed by atoms with Crippen LogP contribution in [-0.2, 0) is 14.6 Å². The molecule has 0 aromatic rings. The van der Waals surface area contributed by atoms with Crippen molar-refractivity contribution in [3.8, 4) is 0 Å². The highest BCUT2D eigenvalue weighted by atomic mass is 32.2. The standard InChI is InChI=1S/C14H24O4S/c1-13(2,3)19(17,18)7-6-14(12(15)16)9-10-4-5-11(14)8-10/h10-11H,4-9H2,1-3H3,(H,15,16). The van der Waals surface area contributed by atoms with Crippen molar-refractivity contribution in [1.82, 2.24) is 0 Å². The van der Waals surface area contributed by atoms with E-state index in [0.29, 0.717) is 12.3 Å². The van der Waals surface area contributed by atoms with Crippen molar-refractivity contribution in [2.24, 2.45) is 17.3 Å². The van der Waals surface area contributed by atoms with Crippen molar-refractivity contribution < 1.29 is 18.3 Å². The van der Waals surface area contributed by atoms with Gasteiger partial charge in [0.1, 0.15) is 0 Å². The summed E-state index contributed by atoms with van der Waals surface area (Å²) < 4.78 is 23.6. The number of carbonyl (C=O) groups is 1. The fourth-order valence-electron chi connectivity index (χ4n) is 3.74. The van der Waals surface area contributed by atoms with Gasteiger partial charge in [-0.15, -0.1) is 0 Å². The van der Waals surface area contributed by atoms with Gasteiger partial charge in [-0.25, -0.2) is 8.42 Å². The van der Waals surface area contributed by atoms with Gasteiger partial charge in [-0.3, -0.25) is 4.79 Å². The fourth-order valence-corrected chi connectivity index (χ4v) is 4.99. The molecule has 0 aromatic carbocycles. The molecule has 2 saturated carbocycles. The molecule has 2 bridgehead atoms. The Kier molecular flexibility index (Phi) is 3.49. The average molecular weight is 288 g/mol. The molecule has 2 aliphatic carbocycles. The number of hydrogen-bond acceptors (Lipinski definition) is 3. The maximum Gasteiger partial charge on any atom is 0.309 e. The minimum absolute atomic E-state index is 0.00792. The largest absolute Gasteiger partial charge is 0.481 e.